The molecule has 0 fully saturated rings. The van der Waals surface area contributed by atoms with Crippen molar-refractivity contribution in [2.24, 2.45) is 0 Å². The lowest BCUT2D eigenvalue weighted by molar-refractivity contribution is -0.121. The SMILES string of the molecule is O=C(Cc1nc(CCl)cs1)NC1CCCc2ccccc21. The lowest BCUT2D eigenvalue weighted by Gasteiger charge is -2.26. The zero-order chi connectivity index (χ0) is 14.7. The van der Waals surface area contributed by atoms with E-state index < -0.39 is 0 Å². The van der Waals surface area contributed by atoms with E-state index in [9.17, 15) is 4.79 Å². The Bertz CT molecular complexity index is 641. The van der Waals surface area contributed by atoms with Gasteiger partial charge in [0, 0.05) is 5.38 Å². The van der Waals surface area contributed by atoms with Crippen LogP contribution in [0, 0.1) is 0 Å². The fraction of sp³-hybridized carbons (Fsp3) is 0.375. The van der Waals surface area contributed by atoms with E-state index in [1.807, 2.05) is 11.4 Å². The molecule has 21 heavy (non-hydrogen) atoms. The minimum atomic E-state index is 0.0344. The number of hydrogen-bond donors (Lipinski definition) is 1. The maximum atomic E-state index is 12.2. The van der Waals surface area contributed by atoms with Gasteiger partial charge in [-0.15, -0.1) is 22.9 Å². The van der Waals surface area contributed by atoms with Crippen LogP contribution in [0.2, 0.25) is 0 Å². The number of aryl methyl sites for hydroxylation is 1. The number of thiazole rings is 1. The molecule has 0 radical (unpaired) electrons. The first-order chi connectivity index (χ1) is 10.3. The Balaban J connectivity index is 1.65. The normalized spacial score (nSPS) is 17.3. The van der Waals surface area contributed by atoms with E-state index in [0.29, 0.717) is 12.3 Å². The first kappa shape index (κ1) is 14.5. The van der Waals surface area contributed by atoms with Gasteiger partial charge in [-0.1, -0.05) is 24.3 Å². The largest absolute Gasteiger partial charge is 0.349 e. The molecule has 1 unspecified atom stereocenters. The minimum Gasteiger partial charge on any atom is -0.349 e. The summed E-state index contributed by atoms with van der Waals surface area (Å²) in [6.45, 7) is 0. The summed E-state index contributed by atoms with van der Waals surface area (Å²) in [5, 5.41) is 5.88. The summed E-state index contributed by atoms with van der Waals surface area (Å²) in [6.07, 6.45) is 3.57. The minimum absolute atomic E-state index is 0.0344. The van der Waals surface area contributed by atoms with Gasteiger partial charge in [-0.05, 0) is 30.4 Å². The molecular formula is C16H17ClN2OS. The summed E-state index contributed by atoms with van der Waals surface area (Å²) in [6, 6.07) is 8.51. The number of carbonyl (C=O) groups is 1. The fourth-order valence-corrected chi connectivity index (χ4v) is 3.80. The molecule has 0 aliphatic heterocycles. The van der Waals surface area contributed by atoms with Crippen molar-refractivity contribution in [3.8, 4) is 0 Å². The molecule has 3 rings (SSSR count). The second-order valence-electron chi connectivity index (χ2n) is 5.25. The van der Waals surface area contributed by atoms with Crippen molar-refractivity contribution in [1.29, 1.82) is 0 Å². The van der Waals surface area contributed by atoms with E-state index >= 15 is 0 Å². The van der Waals surface area contributed by atoms with Crippen LogP contribution in [-0.4, -0.2) is 10.9 Å². The van der Waals surface area contributed by atoms with Gasteiger partial charge in [-0.2, -0.15) is 0 Å². The topological polar surface area (TPSA) is 42.0 Å². The summed E-state index contributed by atoms with van der Waals surface area (Å²) in [4.78, 5) is 16.5. The van der Waals surface area contributed by atoms with Crippen LogP contribution in [0.1, 0.15) is 40.7 Å². The molecular weight excluding hydrogens is 304 g/mol. The van der Waals surface area contributed by atoms with Gasteiger partial charge in [0.05, 0.1) is 24.0 Å². The Labute approximate surface area is 133 Å². The van der Waals surface area contributed by atoms with Gasteiger partial charge in [0.15, 0.2) is 0 Å². The number of hydrogen-bond acceptors (Lipinski definition) is 3. The molecule has 1 atom stereocenters. The third kappa shape index (κ3) is 3.44. The maximum Gasteiger partial charge on any atom is 0.227 e. The average molecular weight is 321 g/mol. The van der Waals surface area contributed by atoms with Crippen molar-refractivity contribution >= 4 is 28.8 Å². The van der Waals surface area contributed by atoms with Crippen LogP contribution >= 0.6 is 22.9 Å². The highest BCUT2D eigenvalue weighted by atomic mass is 35.5. The van der Waals surface area contributed by atoms with Crippen LogP contribution in [0.15, 0.2) is 29.6 Å². The van der Waals surface area contributed by atoms with Gasteiger partial charge in [0.2, 0.25) is 5.91 Å². The summed E-state index contributed by atoms with van der Waals surface area (Å²) in [7, 11) is 0. The monoisotopic (exact) mass is 320 g/mol. The number of rotatable bonds is 4. The Kier molecular flexibility index (Phi) is 4.56. The van der Waals surface area contributed by atoms with Crippen LogP contribution in [-0.2, 0) is 23.5 Å². The van der Waals surface area contributed by atoms with Crippen LogP contribution in [0.4, 0.5) is 0 Å². The molecule has 5 heteroatoms. The van der Waals surface area contributed by atoms with E-state index in [2.05, 4.69) is 28.5 Å². The highest BCUT2D eigenvalue weighted by molar-refractivity contribution is 7.09. The highest BCUT2D eigenvalue weighted by Crippen LogP contribution is 2.29. The molecule has 3 nitrogen and oxygen atoms in total. The predicted octanol–water partition coefficient (Wildman–Crippen LogP) is 3.62. The van der Waals surface area contributed by atoms with Gasteiger partial charge in [-0.3, -0.25) is 4.79 Å². The summed E-state index contributed by atoms with van der Waals surface area (Å²) in [5.74, 6) is 0.431. The van der Waals surface area contributed by atoms with Crippen molar-refractivity contribution < 1.29 is 4.79 Å². The lowest BCUT2D eigenvalue weighted by Crippen LogP contribution is -2.32. The van der Waals surface area contributed by atoms with Crippen LogP contribution < -0.4 is 5.32 Å². The van der Waals surface area contributed by atoms with Crippen LogP contribution in [0.3, 0.4) is 0 Å². The standard InChI is InChI=1S/C16H17ClN2OS/c17-9-12-10-21-16(18-12)8-15(20)19-14-7-3-5-11-4-1-2-6-13(11)14/h1-2,4,6,10,14H,3,5,7-9H2,(H,19,20). The maximum absolute atomic E-state index is 12.2. The zero-order valence-electron chi connectivity index (χ0n) is 11.6. The molecule has 0 saturated carbocycles. The van der Waals surface area contributed by atoms with Crippen molar-refractivity contribution in [2.45, 2.75) is 37.6 Å². The van der Waals surface area contributed by atoms with Crippen LogP contribution in [0.5, 0.6) is 0 Å². The second kappa shape index (κ2) is 6.58. The molecule has 1 aliphatic rings. The number of alkyl halides is 1. The van der Waals surface area contributed by atoms with Crippen molar-refractivity contribution in [3.05, 3.63) is 51.5 Å². The number of halogens is 1. The number of nitrogens with zero attached hydrogens (tertiary/aromatic N) is 1. The number of aromatic nitrogens is 1. The Morgan fingerprint density at radius 2 is 2.29 bits per heavy atom. The van der Waals surface area contributed by atoms with Gasteiger partial charge in [0.1, 0.15) is 5.01 Å². The highest BCUT2D eigenvalue weighted by Gasteiger charge is 2.21. The molecule has 2 aromatic rings. The van der Waals surface area contributed by atoms with E-state index in [0.717, 1.165) is 30.0 Å². The van der Waals surface area contributed by atoms with Gasteiger partial charge in [-0.25, -0.2) is 4.98 Å². The number of amides is 1. The molecule has 1 heterocycles. The third-order valence-electron chi connectivity index (χ3n) is 3.75. The molecule has 110 valence electrons. The molecule has 1 aromatic heterocycles. The quantitative estimate of drug-likeness (QED) is 0.874. The first-order valence-corrected chi connectivity index (χ1v) is 8.54. The Hall–Kier alpha value is -1.39. The molecule has 1 amide bonds. The van der Waals surface area contributed by atoms with E-state index in [4.69, 9.17) is 11.6 Å². The van der Waals surface area contributed by atoms with E-state index in [1.165, 1.54) is 22.5 Å². The zero-order valence-corrected chi connectivity index (χ0v) is 13.2. The van der Waals surface area contributed by atoms with E-state index in [-0.39, 0.29) is 11.9 Å². The van der Waals surface area contributed by atoms with E-state index in [1.54, 1.807) is 0 Å². The average Bonchev–Trinajstić information content (AvgIpc) is 2.95. The first-order valence-electron chi connectivity index (χ1n) is 7.12. The van der Waals surface area contributed by atoms with Crippen LogP contribution in [0.25, 0.3) is 0 Å². The molecule has 1 aromatic carbocycles. The number of benzene rings is 1. The number of fused-ring (bicyclic) bond motifs is 1. The fourth-order valence-electron chi connectivity index (χ4n) is 2.78. The third-order valence-corrected chi connectivity index (χ3v) is 4.92. The van der Waals surface area contributed by atoms with Gasteiger partial charge >= 0.3 is 0 Å². The number of carbonyl (C=O) groups excluding carboxylic acids is 1. The molecule has 1 N–H and O–H groups in total. The Morgan fingerprint density at radius 3 is 3.10 bits per heavy atom. The van der Waals surface area contributed by atoms with Gasteiger partial charge in [0.25, 0.3) is 0 Å². The van der Waals surface area contributed by atoms with Gasteiger partial charge < -0.3 is 5.32 Å². The molecule has 0 saturated heterocycles. The second-order valence-corrected chi connectivity index (χ2v) is 6.46. The lowest BCUT2D eigenvalue weighted by atomic mass is 9.88. The molecule has 1 aliphatic carbocycles. The molecule has 0 bridgehead atoms. The smallest absolute Gasteiger partial charge is 0.227 e. The Morgan fingerprint density at radius 1 is 1.43 bits per heavy atom. The number of nitrogens with one attached hydrogen (secondary N) is 1. The summed E-state index contributed by atoms with van der Waals surface area (Å²) >= 11 is 7.23. The molecule has 0 spiro atoms. The summed E-state index contributed by atoms with van der Waals surface area (Å²) < 4.78 is 0. The van der Waals surface area contributed by atoms with Crippen molar-refractivity contribution in [3.63, 3.8) is 0 Å². The van der Waals surface area contributed by atoms with Crippen molar-refractivity contribution in [2.75, 3.05) is 0 Å². The summed E-state index contributed by atoms with van der Waals surface area (Å²) in [5.41, 5.74) is 3.46. The van der Waals surface area contributed by atoms with Crippen molar-refractivity contribution in [1.82, 2.24) is 10.3 Å². The predicted molar refractivity (Wildman–Crippen MR) is 85.6 cm³/mol.